The van der Waals surface area contributed by atoms with Crippen LogP contribution in [0.2, 0.25) is 10.0 Å². The molecular formula is C23H24Cl2N2O4. The number of ketones is 1. The molecule has 0 unspecified atom stereocenters. The molecule has 1 fully saturated rings. The molecule has 2 aromatic carbocycles. The number of aliphatic hydroxyl groups excluding tert-OH is 1. The summed E-state index contributed by atoms with van der Waals surface area (Å²) in [5, 5.41) is 11.8. The number of hydrogen-bond acceptors (Lipinski definition) is 5. The van der Waals surface area contributed by atoms with Crippen LogP contribution in [0.5, 0.6) is 5.75 Å². The molecule has 1 atom stereocenters. The Morgan fingerprint density at radius 2 is 1.84 bits per heavy atom. The van der Waals surface area contributed by atoms with Crippen LogP contribution in [0.3, 0.4) is 0 Å². The third-order valence-corrected chi connectivity index (χ3v) is 6.02. The Morgan fingerprint density at radius 1 is 1.13 bits per heavy atom. The maximum absolute atomic E-state index is 13.0. The summed E-state index contributed by atoms with van der Waals surface area (Å²) >= 11 is 12.3. The zero-order valence-corrected chi connectivity index (χ0v) is 19.3. The number of likely N-dealkylation sites (N-methyl/N-ethyl adjacent to an activating group) is 1. The summed E-state index contributed by atoms with van der Waals surface area (Å²) in [6.07, 6.45) is 0. The van der Waals surface area contributed by atoms with Gasteiger partial charge in [0, 0.05) is 18.7 Å². The molecule has 0 radical (unpaired) electrons. The number of aliphatic hydroxyl groups is 1. The third kappa shape index (κ3) is 4.56. The fourth-order valence-corrected chi connectivity index (χ4v) is 3.93. The van der Waals surface area contributed by atoms with Crippen molar-refractivity contribution in [1.82, 2.24) is 9.80 Å². The van der Waals surface area contributed by atoms with Crippen molar-refractivity contribution in [3.05, 3.63) is 68.7 Å². The van der Waals surface area contributed by atoms with Crippen molar-refractivity contribution in [1.29, 1.82) is 0 Å². The predicted molar refractivity (Wildman–Crippen MR) is 122 cm³/mol. The number of amides is 1. The van der Waals surface area contributed by atoms with Gasteiger partial charge in [-0.05, 0) is 62.5 Å². The summed E-state index contributed by atoms with van der Waals surface area (Å²) < 4.78 is 5.22. The van der Waals surface area contributed by atoms with Gasteiger partial charge in [-0.25, -0.2) is 0 Å². The largest absolute Gasteiger partial charge is 0.507 e. The monoisotopic (exact) mass is 462 g/mol. The minimum Gasteiger partial charge on any atom is -0.507 e. The fraction of sp³-hybridized carbons (Fsp3) is 0.304. The van der Waals surface area contributed by atoms with Gasteiger partial charge >= 0.3 is 0 Å². The molecule has 0 aliphatic carbocycles. The van der Waals surface area contributed by atoms with Gasteiger partial charge in [-0.2, -0.15) is 0 Å². The van der Waals surface area contributed by atoms with E-state index in [9.17, 15) is 14.7 Å². The molecule has 1 aliphatic rings. The normalized spacial score (nSPS) is 18.2. The number of carbonyl (C=O) groups is 2. The van der Waals surface area contributed by atoms with Crippen LogP contribution in [0.25, 0.3) is 5.76 Å². The Labute approximate surface area is 191 Å². The van der Waals surface area contributed by atoms with E-state index in [1.807, 2.05) is 19.0 Å². The van der Waals surface area contributed by atoms with Crippen molar-refractivity contribution in [3.8, 4) is 5.75 Å². The zero-order chi connectivity index (χ0) is 22.9. The second kappa shape index (κ2) is 9.30. The molecule has 1 heterocycles. The lowest BCUT2D eigenvalue weighted by molar-refractivity contribution is -0.140. The number of hydrogen-bond donors (Lipinski definition) is 1. The van der Waals surface area contributed by atoms with E-state index in [-0.39, 0.29) is 11.3 Å². The van der Waals surface area contributed by atoms with Gasteiger partial charge in [-0.3, -0.25) is 9.59 Å². The van der Waals surface area contributed by atoms with Crippen molar-refractivity contribution in [3.63, 3.8) is 0 Å². The summed E-state index contributed by atoms with van der Waals surface area (Å²) in [4.78, 5) is 29.3. The second-order valence-electron chi connectivity index (χ2n) is 7.65. The van der Waals surface area contributed by atoms with E-state index >= 15 is 0 Å². The summed E-state index contributed by atoms with van der Waals surface area (Å²) in [7, 11) is 5.31. The van der Waals surface area contributed by atoms with Gasteiger partial charge in [0.15, 0.2) is 0 Å². The summed E-state index contributed by atoms with van der Waals surface area (Å²) in [6, 6.07) is 9.28. The smallest absolute Gasteiger partial charge is 0.295 e. The molecule has 1 saturated heterocycles. The van der Waals surface area contributed by atoms with E-state index in [1.165, 1.54) is 4.90 Å². The zero-order valence-electron chi connectivity index (χ0n) is 17.8. The lowest BCUT2D eigenvalue weighted by Crippen LogP contribution is -2.35. The molecule has 1 aliphatic heterocycles. The number of nitrogens with zero attached hydrogens (tertiary/aromatic N) is 2. The van der Waals surface area contributed by atoms with Crippen LogP contribution in [0, 0.1) is 6.92 Å². The molecule has 8 heteroatoms. The Balaban J connectivity index is 2.19. The first-order valence-corrected chi connectivity index (χ1v) is 10.4. The molecule has 2 aromatic rings. The van der Waals surface area contributed by atoms with Crippen LogP contribution in [-0.4, -0.2) is 60.9 Å². The molecule has 0 aromatic heterocycles. The molecule has 3 rings (SSSR count). The topological polar surface area (TPSA) is 70.1 Å². The van der Waals surface area contributed by atoms with E-state index in [2.05, 4.69) is 0 Å². The molecule has 31 heavy (non-hydrogen) atoms. The van der Waals surface area contributed by atoms with Gasteiger partial charge in [-0.1, -0.05) is 29.3 Å². The van der Waals surface area contributed by atoms with E-state index < -0.39 is 17.7 Å². The number of carbonyl (C=O) groups excluding carboxylic acids is 2. The average Bonchev–Trinajstić information content (AvgIpc) is 2.98. The Morgan fingerprint density at radius 3 is 2.42 bits per heavy atom. The SMILES string of the molecule is COc1ccc(/C(O)=C2\C(=O)C(=O)N(CCN(C)C)[C@H]2c2ccc(Cl)c(Cl)c2)c(C)c1. The van der Waals surface area contributed by atoms with E-state index in [4.69, 9.17) is 27.9 Å². The Bertz CT molecular complexity index is 1070. The number of ether oxygens (including phenoxy) is 1. The molecule has 0 saturated carbocycles. The maximum atomic E-state index is 13.0. The summed E-state index contributed by atoms with van der Waals surface area (Å²) in [5.41, 5.74) is 1.79. The highest BCUT2D eigenvalue weighted by molar-refractivity contribution is 6.47. The molecule has 6 nitrogen and oxygen atoms in total. The minimum atomic E-state index is -0.781. The third-order valence-electron chi connectivity index (χ3n) is 5.28. The van der Waals surface area contributed by atoms with Crippen molar-refractivity contribution < 1.29 is 19.4 Å². The van der Waals surface area contributed by atoms with Crippen LogP contribution >= 0.6 is 23.2 Å². The fourth-order valence-electron chi connectivity index (χ4n) is 3.62. The summed E-state index contributed by atoms with van der Waals surface area (Å²) in [5.74, 6) is -1.00. The number of Topliss-reactive ketones (excluding diaryl/α,β-unsaturated/α-hetero) is 1. The number of benzene rings is 2. The lowest BCUT2D eigenvalue weighted by Gasteiger charge is -2.27. The molecular weight excluding hydrogens is 439 g/mol. The second-order valence-corrected chi connectivity index (χ2v) is 8.46. The first kappa shape index (κ1) is 23.1. The quantitative estimate of drug-likeness (QED) is 0.393. The lowest BCUT2D eigenvalue weighted by atomic mass is 9.94. The number of halogens is 2. The van der Waals surface area contributed by atoms with Crippen LogP contribution in [0.1, 0.15) is 22.7 Å². The molecule has 0 spiro atoms. The average molecular weight is 463 g/mol. The molecule has 164 valence electrons. The first-order valence-electron chi connectivity index (χ1n) is 9.68. The Hall–Kier alpha value is -2.54. The molecule has 0 bridgehead atoms. The van der Waals surface area contributed by atoms with Crippen molar-refractivity contribution in [2.24, 2.45) is 0 Å². The highest BCUT2D eigenvalue weighted by Gasteiger charge is 2.46. The standard InChI is InChI=1S/C23H24Cl2N2O4/c1-13-11-15(31-4)6-7-16(13)21(28)19-20(14-5-8-17(24)18(25)12-14)27(10-9-26(2)3)23(30)22(19)29/h5-8,11-12,20,28H,9-10H2,1-4H3/b21-19+/t20-/m0/s1. The van der Waals surface area contributed by atoms with Crippen LogP contribution < -0.4 is 4.74 Å². The molecule has 1 N–H and O–H groups in total. The number of likely N-dealkylation sites (tertiary alicyclic amines) is 1. The van der Waals surface area contributed by atoms with Crippen LogP contribution in [0.15, 0.2) is 42.0 Å². The van der Waals surface area contributed by atoms with Gasteiger partial charge in [-0.15, -0.1) is 0 Å². The number of rotatable bonds is 6. The van der Waals surface area contributed by atoms with Gasteiger partial charge in [0.25, 0.3) is 11.7 Å². The summed E-state index contributed by atoms with van der Waals surface area (Å²) in [6.45, 7) is 2.65. The van der Waals surface area contributed by atoms with Gasteiger partial charge < -0.3 is 19.6 Å². The maximum Gasteiger partial charge on any atom is 0.295 e. The molecule has 1 amide bonds. The predicted octanol–water partition coefficient (Wildman–Crippen LogP) is 4.29. The van der Waals surface area contributed by atoms with E-state index in [0.29, 0.717) is 45.6 Å². The van der Waals surface area contributed by atoms with Crippen molar-refractivity contribution in [2.45, 2.75) is 13.0 Å². The van der Waals surface area contributed by atoms with Gasteiger partial charge in [0.2, 0.25) is 0 Å². The van der Waals surface area contributed by atoms with Crippen LogP contribution in [0.4, 0.5) is 0 Å². The highest BCUT2D eigenvalue weighted by Crippen LogP contribution is 2.41. The highest BCUT2D eigenvalue weighted by atomic mass is 35.5. The minimum absolute atomic E-state index is 0.0235. The van der Waals surface area contributed by atoms with Gasteiger partial charge in [0.05, 0.1) is 28.8 Å². The van der Waals surface area contributed by atoms with E-state index in [1.54, 1.807) is 50.4 Å². The van der Waals surface area contributed by atoms with E-state index in [0.717, 1.165) is 0 Å². The van der Waals surface area contributed by atoms with Gasteiger partial charge in [0.1, 0.15) is 11.5 Å². The number of methoxy groups -OCH3 is 1. The van der Waals surface area contributed by atoms with Crippen LogP contribution in [-0.2, 0) is 9.59 Å². The first-order chi connectivity index (χ1) is 14.6. The Kier molecular flexibility index (Phi) is 6.94. The van der Waals surface area contributed by atoms with Crippen molar-refractivity contribution in [2.75, 3.05) is 34.3 Å². The number of aryl methyl sites for hydroxylation is 1. The van der Waals surface area contributed by atoms with Crippen molar-refractivity contribution >= 4 is 40.7 Å².